The highest BCUT2D eigenvalue weighted by Crippen LogP contribution is 2.48. The molecule has 5 rings (SSSR count). The molecule has 4 aliphatic heterocycles. The van der Waals surface area contributed by atoms with Crippen LogP contribution in [0.4, 0.5) is 19.7 Å². The maximum atomic E-state index is 14.3. The molecular formula is C26H37FN4O4. The molecule has 9 heteroatoms. The van der Waals surface area contributed by atoms with Crippen LogP contribution in [0, 0.1) is 5.82 Å². The minimum atomic E-state index is -0.244. The largest absolute Gasteiger partial charge is 0.447 e. The Morgan fingerprint density at radius 1 is 1.09 bits per heavy atom. The summed E-state index contributed by atoms with van der Waals surface area (Å²) in [6.45, 7) is 3.15. The molecule has 35 heavy (non-hydrogen) atoms. The second-order valence-electron chi connectivity index (χ2n) is 10.8. The number of benzene rings is 1. The number of carbonyl (C=O) groups is 2. The van der Waals surface area contributed by atoms with Gasteiger partial charge in [-0.05, 0) is 75.4 Å². The highest BCUT2D eigenvalue weighted by Gasteiger charge is 2.50. The summed E-state index contributed by atoms with van der Waals surface area (Å²) in [7, 11) is 5.12. The zero-order valence-corrected chi connectivity index (χ0v) is 21.0. The van der Waals surface area contributed by atoms with Gasteiger partial charge < -0.3 is 24.2 Å². The number of nitrogens with zero attached hydrogens (tertiary/aromatic N) is 4. The third kappa shape index (κ3) is 4.37. The van der Waals surface area contributed by atoms with Crippen molar-refractivity contribution >= 4 is 17.8 Å². The Balaban J connectivity index is 1.25. The topological polar surface area (TPSA) is 65.6 Å². The maximum Gasteiger partial charge on any atom is 0.410 e. The monoisotopic (exact) mass is 488 g/mol. The van der Waals surface area contributed by atoms with Crippen molar-refractivity contribution < 1.29 is 23.5 Å². The smallest absolute Gasteiger partial charge is 0.410 e. The van der Waals surface area contributed by atoms with Crippen LogP contribution in [0.25, 0.3) is 0 Å². The molecule has 3 amide bonds. The summed E-state index contributed by atoms with van der Waals surface area (Å²) >= 11 is 0. The second kappa shape index (κ2) is 9.58. The van der Waals surface area contributed by atoms with Crippen LogP contribution in [0.1, 0.15) is 44.1 Å². The number of piperidine rings is 2. The molecule has 0 radical (unpaired) electrons. The molecule has 0 saturated carbocycles. The average molecular weight is 489 g/mol. The average Bonchev–Trinajstić information content (AvgIpc) is 3.29. The fourth-order valence-corrected chi connectivity index (χ4v) is 6.83. The molecule has 1 aromatic rings. The molecule has 0 aliphatic carbocycles. The van der Waals surface area contributed by atoms with E-state index >= 15 is 0 Å². The van der Waals surface area contributed by atoms with Gasteiger partial charge in [0, 0.05) is 57.0 Å². The summed E-state index contributed by atoms with van der Waals surface area (Å²) in [6.07, 6.45) is 5.60. The van der Waals surface area contributed by atoms with Gasteiger partial charge in [0.1, 0.15) is 12.4 Å². The number of urea groups is 1. The van der Waals surface area contributed by atoms with E-state index in [1.807, 2.05) is 9.80 Å². The number of likely N-dealkylation sites (tertiary alicyclic amines) is 1. The number of anilines is 1. The molecule has 1 spiro atoms. The first-order valence-electron chi connectivity index (χ1n) is 12.8. The third-order valence-corrected chi connectivity index (χ3v) is 8.60. The molecule has 1 aromatic carbocycles. The molecule has 0 N–H and O–H groups in total. The van der Waals surface area contributed by atoms with Crippen molar-refractivity contribution in [2.24, 2.45) is 0 Å². The second-order valence-corrected chi connectivity index (χ2v) is 10.8. The van der Waals surface area contributed by atoms with Crippen molar-refractivity contribution in [3.63, 3.8) is 0 Å². The highest BCUT2D eigenvalue weighted by atomic mass is 19.1. The molecule has 4 heterocycles. The van der Waals surface area contributed by atoms with Gasteiger partial charge in [-0.3, -0.25) is 4.90 Å². The lowest BCUT2D eigenvalue weighted by molar-refractivity contribution is 0.0196. The van der Waals surface area contributed by atoms with Gasteiger partial charge in [0.15, 0.2) is 0 Å². The zero-order chi connectivity index (χ0) is 24.7. The number of hydrogen-bond acceptors (Lipinski definition) is 5. The molecular weight excluding hydrogens is 451 g/mol. The van der Waals surface area contributed by atoms with E-state index in [0.717, 1.165) is 62.9 Å². The number of halogens is 1. The Morgan fingerprint density at radius 3 is 2.40 bits per heavy atom. The van der Waals surface area contributed by atoms with Gasteiger partial charge in [0.2, 0.25) is 0 Å². The molecule has 3 fully saturated rings. The highest BCUT2D eigenvalue weighted by molar-refractivity contribution is 5.95. The minimum Gasteiger partial charge on any atom is -0.447 e. The van der Waals surface area contributed by atoms with E-state index in [4.69, 9.17) is 9.47 Å². The third-order valence-electron chi connectivity index (χ3n) is 8.60. The van der Waals surface area contributed by atoms with Gasteiger partial charge in [-0.15, -0.1) is 0 Å². The van der Waals surface area contributed by atoms with E-state index in [0.29, 0.717) is 25.8 Å². The molecule has 0 aromatic heterocycles. The standard InChI is InChI=1S/C26H37FN4O4/c1-28(2)24(32)30-17-26(22-14-18(27)4-7-23(22)30)8-10-29(11-9-26)21-15-19-5-6-20(16-21)31(19)25(33)35-13-12-34-3/h4,7,14,19-21H,5-6,8-13,15-17H2,1-3H3. The fraction of sp³-hybridized carbons (Fsp3) is 0.692. The summed E-state index contributed by atoms with van der Waals surface area (Å²) in [5.41, 5.74) is 1.61. The van der Waals surface area contributed by atoms with Crippen LogP contribution in [-0.2, 0) is 14.9 Å². The van der Waals surface area contributed by atoms with E-state index in [-0.39, 0.29) is 35.4 Å². The molecule has 2 bridgehead atoms. The van der Waals surface area contributed by atoms with Gasteiger partial charge in [0.25, 0.3) is 0 Å². The first-order valence-corrected chi connectivity index (χ1v) is 12.8. The van der Waals surface area contributed by atoms with Gasteiger partial charge in [-0.1, -0.05) is 0 Å². The SMILES string of the molecule is COCCOC(=O)N1C2CCC1CC(N1CCC3(CC1)CN(C(=O)N(C)C)c1ccc(F)cc13)C2. The first kappa shape index (κ1) is 24.3. The zero-order valence-electron chi connectivity index (χ0n) is 21.0. The van der Waals surface area contributed by atoms with Crippen LogP contribution in [0.5, 0.6) is 0 Å². The molecule has 8 nitrogen and oxygen atoms in total. The van der Waals surface area contributed by atoms with E-state index in [9.17, 15) is 14.0 Å². The van der Waals surface area contributed by atoms with Crippen molar-refractivity contribution in [1.82, 2.24) is 14.7 Å². The summed E-state index contributed by atoms with van der Waals surface area (Å²) < 4.78 is 24.7. The summed E-state index contributed by atoms with van der Waals surface area (Å²) in [5.74, 6) is -0.244. The van der Waals surface area contributed by atoms with Crippen molar-refractivity contribution in [1.29, 1.82) is 0 Å². The van der Waals surface area contributed by atoms with Gasteiger partial charge in [-0.25, -0.2) is 14.0 Å². The van der Waals surface area contributed by atoms with Crippen LogP contribution in [0.2, 0.25) is 0 Å². The molecule has 2 unspecified atom stereocenters. The van der Waals surface area contributed by atoms with Crippen LogP contribution in [0.3, 0.4) is 0 Å². The number of hydrogen-bond donors (Lipinski definition) is 0. The van der Waals surface area contributed by atoms with Gasteiger partial charge >= 0.3 is 12.1 Å². The number of carbonyl (C=O) groups excluding carboxylic acids is 2. The maximum absolute atomic E-state index is 14.3. The predicted octanol–water partition coefficient (Wildman–Crippen LogP) is 3.44. The minimum absolute atomic E-state index is 0.0569. The van der Waals surface area contributed by atoms with E-state index in [1.165, 1.54) is 6.07 Å². The van der Waals surface area contributed by atoms with E-state index in [1.54, 1.807) is 38.2 Å². The van der Waals surface area contributed by atoms with Crippen LogP contribution < -0.4 is 4.90 Å². The fourth-order valence-electron chi connectivity index (χ4n) is 6.83. The first-order chi connectivity index (χ1) is 16.8. The van der Waals surface area contributed by atoms with Crippen LogP contribution in [0.15, 0.2) is 18.2 Å². The van der Waals surface area contributed by atoms with Crippen molar-refractivity contribution in [3.8, 4) is 0 Å². The number of amides is 3. The van der Waals surface area contributed by atoms with Crippen molar-refractivity contribution in [3.05, 3.63) is 29.6 Å². The number of ether oxygens (including phenoxy) is 2. The van der Waals surface area contributed by atoms with Crippen LogP contribution >= 0.6 is 0 Å². The van der Waals surface area contributed by atoms with E-state index < -0.39 is 0 Å². The number of fused-ring (bicyclic) bond motifs is 4. The summed E-state index contributed by atoms with van der Waals surface area (Å²) in [6, 6.07) is 5.71. The predicted molar refractivity (Wildman–Crippen MR) is 130 cm³/mol. The summed E-state index contributed by atoms with van der Waals surface area (Å²) in [5, 5.41) is 0. The summed E-state index contributed by atoms with van der Waals surface area (Å²) in [4.78, 5) is 33.5. The lowest BCUT2D eigenvalue weighted by Gasteiger charge is -2.47. The van der Waals surface area contributed by atoms with Gasteiger partial charge in [0.05, 0.1) is 6.61 Å². The Hall–Kier alpha value is -2.39. The lowest BCUT2D eigenvalue weighted by Crippen LogP contribution is -2.55. The van der Waals surface area contributed by atoms with Gasteiger partial charge in [-0.2, -0.15) is 0 Å². The van der Waals surface area contributed by atoms with Crippen LogP contribution in [-0.4, -0.2) is 99.0 Å². The Labute approximate surface area is 206 Å². The Bertz CT molecular complexity index is 951. The Morgan fingerprint density at radius 2 is 1.77 bits per heavy atom. The number of methoxy groups -OCH3 is 1. The molecule has 3 saturated heterocycles. The van der Waals surface area contributed by atoms with E-state index in [2.05, 4.69) is 4.90 Å². The lowest BCUT2D eigenvalue weighted by atomic mass is 9.73. The number of rotatable bonds is 4. The molecule has 4 aliphatic rings. The Kier molecular flexibility index (Phi) is 6.65. The molecule has 192 valence electrons. The molecule has 2 atom stereocenters. The quantitative estimate of drug-likeness (QED) is 0.608. The normalized spacial score (nSPS) is 27.3. The van der Waals surface area contributed by atoms with Crippen molar-refractivity contribution in [2.45, 2.75) is 62.1 Å². The van der Waals surface area contributed by atoms with Crippen molar-refractivity contribution in [2.75, 3.05) is 59.0 Å².